The second-order valence-corrected chi connectivity index (χ2v) is 8.21. The third-order valence-electron chi connectivity index (χ3n) is 4.13. The molecule has 3 aromatic rings. The molecule has 0 aliphatic rings. The molecule has 0 saturated heterocycles. The molecular formula is C20H16BrCl2N5O3. The molecule has 0 aliphatic heterocycles. The number of Topliss-reactive ketones (excluding diaryl/α,β-unsaturated/α-hetero) is 1. The van der Waals surface area contributed by atoms with E-state index >= 15 is 0 Å². The highest BCUT2D eigenvalue weighted by Gasteiger charge is 2.22. The van der Waals surface area contributed by atoms with Gasteiger partial charge >= 0.3 is 0 Å². The Morgan fingerprint density at radius 2 is 1.90 bits per heavy atom. The van der Waals surface area contributed by atoms with Crippen LogP contribution in [0, 0.1) is 6.92 Å². The zero-order valence-electron chi connectivity index (χ0n) is 16.4. The lowest BCUT2D eigenvalue weighted by Gasteiger charge is -2.15. The summed E-state index contributed by atoms with van der Waals surface area (Å²) in [6.07, 6.45) is 1.53. The summed E-state index contributed by atoms with van der Waals surface area (Å²) in [4.78, 5) is 41.1. The summed E-state index contributed by atoms with van der Waals surface area (Å²) in [6.45, 7) is 2.91. The minimum absolute atomic E-state index is 0.126. The van der Waals surface area contributed by atoms with Gasteiger partial charge in [-0.15, -0.1) is 0 Å². The first-order chi connectivity index (χ1) is 14.7. The number of pyridine rings is 1. The zero-order valence-corrected chi connectivity index (χ0v) is 19.5. The van der Waals surface area contributed by atoms with Crippen molar-refractivity contribution in [3.8, 4) is 5.82 Å². The number of hydrogen-bond acceptors (Lipinski definition) is 5. The number of nitrogens with one attached hydrogen (secondary N) is 2. The summed E-state index contributed by atoms with van der Waals surface area (Å²) < 4.78 is 1.69. The van der Waals surface area contributed by atoms with Gasteiger partial charge in [-0.25, -0.2) is 9.67 Å². The molecular weight excluding hydrogens is 509 g/mol. The van der Waals surface area contributed by atoms with Crippen LogP contribution < -0.4 is 10.6 Å². The Labute approximate surface area is 196 Å². The van der Waals surface area contributed by atoms with E-state index in [0.29, 0.717) is 20.2 Å². The van der Waals surface area contributed by atoms with E-state index in [2.05, 4.69) is 36.6 Å². The zero-order chi connectivity index (χ0) is 22.7. The summed E-state index contributed by atoms with van der Waals surface area (Å²) in [5.74, 6) is -1.03. The highest BCUT2D eigenvalue weighted by molar-refractivity contribution is 9.10. The molecule has 11 heteroatoms. The van der Waals surface area contributed by atoms with Crippen molar-refractivity contribution in [2.45, 2.75) is 13.8 Å². The topological polar surface area (TPSA) is 106 Å². The lowest BCUT2D eigenvalue weighted by Crippen LogP contribution is -2.30. The average molecular weight is 525 g/mol. The number of benzene rings is 1. The fourth-order valence-electron chi connectivity index (χ4n) is 2.77. The largest absolute Gasteiger partial charge is 0.345 e. The predicted octanol–water partition coefficient (Wildman–Crippen LogP) is 4.22. The SMILES string of the molecule is CC(=O)CNC(=O)c1cc(Cl)cc(C)c1NC(=O)c1cc(Br)nn1-c1ncccc1Cl. The minimum Gasteiger partial charge on any atom is -0.345 e. The first-order valence-electron chi connectivity index (χ1n) is 8.93. The van der Waals surface area contributed by atoms with Gasteiger partial charge in [0.05, 0.1) is 22.8 Å². The van der Waals surface area contributed by atoms with Crippen LogP contribution in [0.3, 0.4) is 0 Å². The molecule has 0 aliphatic carbocycles. The minimum atomic E-state index is -0.550. The molecule has 2 N–H and O–H groups in total. The number of amides is 2. The predicted molar refractivity (Wildman–Crippen MR) is 121 cm³/mol. The van der Waals surface area contributed by atoms with E-state index in [1.807, 2.05) is 0 Å². The van der Waals surface area contributed by atoms with Crippen LogP contribution in [0.2, 0.25) is 10.0 Å². The molecule has 2 heterocycles. The van der Waals surface area contributed by atoms with Gasteiger partial charge in [0, 0.05) is 17.3 Å². The number of halogens is 3. The van der Waals surface area contributed by atoms with Crippen molar-refractivity contribution in [1.29, 1.82) is 0 Å². The molecule has 0 atom stereocenters. The number of ketones is 1. The maximum Gasteiger partial charge on any atom is 0.274 e. The molecule has 2 amide bonds. The van der Waals surface area contributed by atoms with Gasteiger partial charge in [-0.3, -0.25) is 14.4 Å². The lowest BCUT2D eigenvalue weighted by molar-refractivity contribution is -0.116. The van der Waals surface area contributed by atoms with Gasteiger partial charge in [0.2, 0.25) is 0 Å². The van der Waals surface area contributed by atoms with Gasteiger partial charge in [0.15, 0.2) is 5.82 Å². The van der Waals surface area contributed by atoms with Crippen molar-refractivity contribution in [2.75, 3.05) is 11.9 Å². The molecule has 8 nitrogen and oxygen atoms in total. The molecule has 2 aromatic heterocycles. The quantitative estimate of drug-likeness (QED) is 0.502. The highest BCUT2D eigenvalue weighted by Crippen LogP contribution is 2.27. The van der Waals surface area contributed by atoms with Crippen LogP contribution in [0.25, 0.3) is 5.82 Å². The van der Waals surface area contributed by atoms with Crippen molar-refractivity contribution in [1.82, 2.24) is 20.1 Å². The Balaban J connectivity index is 1.99. The molecule has 0 fully saturated rings. The van der Waals surface area contributed by atoms with Crippen LogP contribution in [-0.2, 0) is 4.79 Å². The van der Waals surface area contributed by atoms with Crippen LogP contribution in [0.5, 0.6) is 0 Å². The fourth-order valence-corrected chi connectivity index (χ4v) is 3.62. The monoisotopic (exact) mass is 523 g/mol. The molecule has 3 rings (SSSR count). The van der Waals surface area contributed by atoms with E-state index in [0.717, 1.165) is 0 Å². The molecule has 0 unspecified atom stereocenters. The smallest absolute Gasteiger partial charge is 0.274 e. The van der Waals surface area contributed by atoms with Crippen molar-refractivity contribution in [3.05, 3.63) is 68.0 Å². The summed E-state index contributed by atoms with van der Waals surface area (Å²) in [5.41, 5.74) is 1.08. The van der Waals surface area contributed by atoms with E-state index in [1.54, 1.807) is 25.1 Å². The summed E-state index contributed by atoms with van der Waals surface area (Å²) >= 11 is 15.6. The van der Waals surface area contributed by atoms with Crippen LogP contribution in [-0.4, -0.2) is 38.9 Å². The van der Waals surface area contributed by atoms with Gasteiger partial charge < -0.3 is 10.6 Å². The van der Waals surface area contributed by atoms with Gasteiger partial charge in [-0.2, -0.15) is 5.10 Å². The molecule has 0 bridgehead atoms. The molecule has 1 aromatic carbocycles. The maximum atomic E-state index is 13.1. The van der Waals surface area contributed by atoms with Crippen LogP contribution >= 0.6 is 39.1 Å². The Morgan fingerprint density at radius 3 is 2.58 bits per heavy atom. The number of anilines is 1. The van der Waals surface area contributed by atoms with Gasteiger partial charge in [-0.05, 0) is 59.6 Å². The van der Waals surface area contributed by atoms with Crippen molar-refractivity contribution >= 4 is 62.4 Å². The third kappa shape index (κ3) is 5.30. The fraction of sp³-hybridized carbons (Fsp3) is 0.150. The molecule has 160 valence electrons. The molecule has 0 spiro atoms. The summed E-state index contributed by atoms with van der Waals surface area (Å²) in [7, 11) is 0. The van der Waals surface area contributed by atoms with Gasteiger partial charge in [0.25, 0.3) is 11.8 Å². The van der Waals surface area contributed by atoms with Crippen molar-refractivity contribution < 1.29 is 14.4 Å². The van der Waals surface area contributed by atoms with Gasteiger partial charge in [-0.1, -0.05) is 23.2 Å². The third-order valence-corrected chi connectivity index (χ3v) is 5.03. The molecule has 0 saturated carbocycles. The summed E-state index contributed by atoms with van der Waals surface area (Å²) in [6, 6.07) is 7.82. The van der Waals surface area contributed by atoms with E-state index in [-0.39, 0.29) is 35.1 Å². The second kappa shape index (κ2) is 9.59. The number of carbonyl (C=O) groups excluding carboxylic acids is 3. The average Bonchev–Trinajstić information content (AvgIpc) is 3.09. The number of hydrogen-bond donors (Lipinski definition) is 2. The van der Waals surface area contributed by atoms with E-state index in [1.165, 1.54) is 29.9 Å². The Hall–Kier alpha value is -2.75. The van der Waals surface area contributed by atoms with E-state index < -0.39 is 11.8 Å². The van der Waals surface area contributed by atoms with Crippen LogP contribution in [0.4, 0.5) is 5.69 Å². The lowest BCUT2D eigenvalue weighted by atomic mass is 10.1. The Morgan fingerprint density at radius 1 is 1.16 bits per heavy atom. The number of aromatic nitrogens is 3. The normalized spacial score (nSPS) is 10.6. The van der Waals surface area contributed by atoms with Crippen LogP contribution in [0.1, 0.15) is 33.3 Å². The van der Waals surface area contributed by atoms with Crippen molar-refractivity contribution in [2.24, 2.45) is 0 Å². The number of nitrogens with zero attached hydrogens (tertiary/aromatic N) is 3. The van der Waals surface area contributed by atoms with E-state index in [9.17, 15) is 14.4 Å². The number of carbonyl (C=O) groups is 3. The second-order valence-electron chi connectivity index (χ2n) is 6.56. The first kappa shape index (κ1) is 22.9. The summed E-state index contributed by atoms with van der Waals surface area (Å²) in [5, 5.41) is 10.1. The molecule has 31 heavy (non-hydrogen) atoms. The van der Waals surface area contributed by atoms with E-state index in [4.69, 9.17) is 23.2 Å². The molecule has 0 radical (unpaired) electrons. The Kier molecular flexibility index (Phi) is 7.09. The number of aryl methyl sites for hydroxylation is 1. The number of rotatable bonds is 6. The Bertz CT molecular complexity index is 1200. The standard InChI is InChI=1S/C20H16BrCl2N5O3/c1-10-6-12(22)7-13(19(30)25-9-11(2)29)17(10)26-20(31)15-8-16(21)27-28(15)18-14(23)4-3-5-24-18/h3-8H,9H2,1-2H3,(H,25,30)(H,26,31). The van der Waals surface area contributed by atoms with Gasteiger partial charge in [0.1, 0.15) is 16.1 Å². The maximum absolute atomic E-state index is 13.1. The van der Waals surface area contributed by atoms with Crippen molar-refractivity contribution in [3.63, 3.8) is 0 Å². The first-order valence-corrected chi connectivity index (χ1v) is 10.5. The van der Waals surface area contributed by atoms with Crippen LogP contribution in [0.15, 0.2) is 41.1 Å². The highest BCUT2D eigenvalue weighted by atomic mass is 79.9.